The number of oxazole rings is 1. The first kappa shape index (κ1) is 13.7. The molecule has 0 aliphatic rings. The minimum Gasteiger partial charge on any atom is -0.416 e. The van der Waals surface area contributed by atoms with Crippen molar-refractivity contribution in [2.75, 3.05) is 5.75 Å². The molecule has 3 rings (SSSR count). The Hall–Kier alpha value is -2.28. The molecule has 3 aromatic rings. The third kappa shape index (κ3) is 2.40. The Kier molecular flexibility index (Phi) is 3.21. The average Bonchev–Trinajstić information content (AvgIpc) is 2.90. The van der Waals surface area contributed by atoms with Crippen LogP contribution in [0.3, 0.4) is 0 Å². The molecule has 7 heteroatoms. The highest BCUT2D eigenvalue weighted by molar-refractivity contribution is 7.91. The van der Waals surface area contributed by atoms with Crippen molar-refractivity contribution in [3.05, 3.63) is 36.2 Å². The second kappa shape index (κ2) is 4.92. The molecule has 21 heavy (non-hydrogen) atoms. The second-order valence-electron chi connectivity index (χ2n) is 4.61. The summed E-state index contributed by atoms with van der Waals surface area (Å²) in [5.41, 5.74) is 2.11. The number of fused-ring (bicyclic) bond motifs is 1. The van der Waals surface area contributed by atoms with Crippen molar-refractivity contribution in [2.45, 2.75) is 18.7 Å². The van der Waals surface area contributed by atoms with E-state index in [9.17, 15) is 8.42 Å². The van der Waals surface area contributed by atoms with E-state index in [-0.39, 0.29) is 22.2 Å². The Morgan fingerprint density at radius 2 is 2.10 bits per heavy atom. The number of aryl methyl sites for hydroxylation is 1. The first-order valence-corrected chi connectivity index (χ1v) is 8.08. The van der Waals surface area contributed by atoms with Crippen LogP contribution < -0.4 is 0 Å². The van der Waals surface area contributed by atoms with Crippen LogP contribution >= 0.6 is 0 Å². The van der Waals surface area contributed by atoms with E-state index in [2.05, 4.69) is 15.0 Å². The lowest BCUT2D eigenvalue weighted by Gasteiger charge is -2.04. The van der Waals surface area contributed by atoms with Gasteiger partial charge in [0.05, 0.1) is 10.6 Å². The van der Waals surface area contributed by atoms with Crippen molar-refractivity contribution >= 4 is 21.1 Å². The van der Waals surface area contributed by atoms with Crippen molar-refractivity contribution in [3.63, 3.8) is 0 Å². The molecule has 108 valence electrons. The molecule has 0 bridgehead atoms. The van der Waals surface area contributed by atoms with Gasteiger partial charge in [-0.3, -0.25) is 0 Å². The lowest BCUT2D eigenvalue weighted by Crippen LogP contribution is -2.06. The largest absolute Gasteiger partial charge is 0.416 e. The van der Waals surface area contributed by atoms with Crippen LogP contribution in [0.5, 0.6) is 0 Å². The van der Waals surface area contributed by atoms with Crippen LogP contribution in [0.15, 0.2) is 39.9 Å². The molecule has 0 atom stereocenters. The Bertz CT molecular complexity index is 916. The fraction of sp³-hybridized carbons (Fsp3) is 0.214. The van der Waals surface area contributed by atoms with Gasteiger partial charge in [0, 0.05) is 12.4 Å². The molecule has 0 saturated carbocycles. The first-order chi connectivity index (χ1) is 10.0. The molecular weight excluding hydrogens is 290 g/mol. The smallest absolute Gasteiger partial charge is 0.249 e. The molecule has 3 heterocycles. The molecule has 0 aliphatic carbocycles. The topological polar surface area (TPSA) is 86.0 Å². The van der Waals surface area contributed by atoms with Gasteiger partial charge >= 0.3 is 0 Å². The minimum atomic E-state index is -3.41. The van der Waals surface area contributed by atoms with Crippen molar-refractivity contribution in [2.24, 2.45) is 0 Å². The standard InChI is InChI=1S/C14H13N3O3S/c1-3-21(18,19)11-5-4-6-15-12(11)14-17-10-7-9(2)8-16-13(10)20-14/h4-8H,3H2,1-2H3. The van der Waals surface area contributed by atoms with Gasteiger partial charge in [0.2, 0.25) is 11.6 Å². The summed E-state index contributed by atoms with van der Waals surface area (Å²) in [6.45, 7) is 3.48. The van der Waals surface area contributed by atoms with Crippen LogP contribution in [0.2, 0.25) is 0 Å². The average molecular weight is 303 g/mol. The van der Waals surface area contributed by atoms with Crippen LogP contribution in [-0.4, -0.2) is 29.1 Å². The van der Waals surface area contributed by atoms with Gasteiger partial charge in [0.25, 0.3) is 0 Å². The van der Waals surface area contributed by atoms with E-state index < -0.39 is 9.84 Å². The van der Waals surface area contributed by atoms with E-state index in [1.54, 1.807) is 19.2 Å². The van der Waals surface area contributed by atoms with Gasteiger partial charge in [0.15, 0.2) is 9.84 Å². The summed E-state index contributed by atoms with van der Waals surface area (Å²) in [4.78, 5) is 12.7. The number of hydrogen-bond acceptors (Lipinski definition) is 6. The van der Waals surface area contributed by atoms with Crippen LogP contribution in [0.4, 0.5) is 0 Å². The molecule has 0 unspecified atom stereocenters. The Morgan fingerprint density at radius 1 is 1.29 bits per heavy atom. The van der Waals surface area contributed by atoms with Gasteiger partial charge in [-0.05, 0) is 30.7 Å². The quantitative estimate of drug-likeness (QED) is 0.738. The van der Waals surface area contributed by atoms with Crippen LogP contribution in [-0.2, 0) is 9.84 Å². The van der Waals surface area contributed by atoms with Crippen molar-refractivity contribution < 1.29 is 12.8 Å². The van der Waals surface area contributed by atoms with Gasteiger partial charge in [-0.15, -0.1) is 0 Å². The molecule has 6 nitrogen and oxygen atoms in total. The third-order valence-electron chi connectivity index (χ3n) is 3.07. The summed E-state index contributed by atoms with van der Waals surface area (Å²) in [6, 6.07) is 4.91. The fourth-order valence-electron chi connectivity index (χ4n) is 1.98. The molecule has 0 aliphatic heterocycles. The first-order valence-electron chi connectivity index (χ1n) is 6.42. The lowest BCUT2D eigenvalue weighted by molar-refractivity contribution is 0.589. The maximum atomic E-state index is 12.1. The highest BCUT2D eigenvalue weighted by Gasteiger charge is 2.22. The lowest BCUT2D eigenvalue weighted by atomic mass is 10.3. The summed E-state index contributed by atoms with van der Waals surface area (Å²) >= 11 is 0. The van der Waals surface area contributed by atoms with Gasteiger partial charge in [-0.25, -0.2) is 23.4 Å². The van der Waals surface area contributed by atoms with Crippen LogP contribution in [0, 0.1) is 6.92 Å². The summed E-state index contributed by atoms with van der Waals surface area (Å²) in [7, 11) is -3.41. The van der Waals surface area contributed by atoms with Gasteiger partial charge < -0.3 is 4.42 Å². The third-order valence-corrected chi connectivity index (χ3v) is 4.83. The number of hydrogen-bond donors (Lipinski definition) is 0. The van der Waals surface area contributed by atoms with E-state index in [1.807, 2.05) is 13.0 Å². The van der Waals surface area contributed by atoms with E-state index in [4.69, 9.17) is 4.42 Å². The maximum absolute atomic E-state index is 12.1. The Balaban J connectivity index is 2.24. The number of sulfone groups is 1. The van der Waals surface area contributed by atoms with Crippen molar-refractivity contribution in [1.29, 1.82) is 0 Å². The van der Waals surface area contributed by atoms with Gasteiger partial charge in [0.1, 0.15) is 11.2 Å². The summed E-state index contributed by atoms with van der Waals surface area (Å²) in [5, 5.41) is 0. The molecule has 0 N–H and O–H groups in total. The van der Waals surface area contributed by atoms with Crippen molar-refractivity contribution in [1.82, 2.24) is 15.0 Å². The predicted molar refractivity (Wildman–Crippen MR) is 77.5 cm³/mol. The van der Waals surface area contributed by atoms with Gasteiger partial charge in [-0.1, -0.05) is 6.92 Å². The summed E-state index contributed by atoms with van der Waals surface area (Å²) in [6.07, 6.45) is 3.18. The molecule has 3 aromatic heterocycles. The molecule has 0 amide bonds. The second-order valence-corrected chi connectivity index (χ2v) is 6.86. The normalized spacial score (nSPS) is 11.9. The number of pyridine rings is 2. The summed E-state index contributed by atoms with van der Waals surface area (Å²) < 4.78 is 29.8. The molecule has 0 fully saturated rings. The fourth-order valence-corrected chi connectivity index (χ4v) is 3.01. The maximum Gasteiger partial charge on any atom is 0.249 e. The molecule has 0 aromatic carbocycles. The molecular formula is C14H13N3O3S. The number of nitrogens with zero attached hydrogens (tertiary/aromatic N) is 3. The number of rotatable bonds is 3. The van der Waals surface area contributed by atoms with E-state index in [0.717, 1.165) is 5.56 Å². The van der Waals surface area contributed by atoms with Crippen LogP contribution in [0.25, 0.3) is 22.8 Å². The predicted octanol–water partition coefficient (Wildman–Crippen LogP) is 2.39. The molecule has 0 radical (unpaired) electrons. The SMILES string of the molecule is CCS(=O)(=O)c1cccnc1-c1nc2cc(C)cnc2o1. The Morgan fingerprint density at radius 3 is 2.86 bits per heavy atom. The molecule has 0 spiro atoms. The highest BCUT2D eigenvalue weighted by atomic mass is 32.2. The zero-order valence-corrected chi connectivity index (χ0v) is 12.4. The van der Waals surface area contributed by atoms with E-state index in [1.165, 1.54) is 12.3 Å². The molecule has 0 saturated heterocycles. The zero-order chi connectivity index (χ0) is 15.0. The Labute approximate surface area is 121 Å². The monoisotopic (exact) mass is 303 g/mol. The van der Waals surface area contributed by atoms with E-state index >= 15 is 0 Å². The zero-order valence-electron chi connectivity index (χ0n) is 11.6. The van der Waals surface area contributed by atoms with Crippen molar-refractivity contribution in [3.8, 4) is 11.6 Å². The number of aromatic nitrogens is 3. The van der Waals surface area contributed by atoms with Gasteiger partial charge in [-0.2, -0.15) is 0 Å². The minimum absolute atomic E-state index is 0.0106. The highest BCUT2D eigenvalue weighted by Crippen LogP contribution is 2.27. The summed E-state index contributed by atoms with van der Waals surface area (Å²) in [5.74, 6) is 0.152. The van der Waals surface area contributed by atoms with E-state index in [0.29, 0.717) is 11.2 Å². The van der Waals surface area contributed by atoms with Crippen LogP contribution in [0.1, 0.15) is 12.5 Å².